The minimum atomic E-state index is -5.70. The number of nitrogens with zero attached hydrogens (tertiary/aromatic N) is 4. The van der Waals surface area contributed by atoms with Gasteiger partial charge in [-0.2, -0.15) is 18.6 Å². The molecule has 22 heteroatoms. The van der Waals surface area contributed by atoms with Crippen LogP contribution in [0.25, 0.3) is 11.2 Å². The van der Waals surface area contributed by atoms with Gasteiger partial charge in [-0.1, -0.05) is 0 Å². The van der Waals surface area contributed by atoms with Crippen molar-refractivity contribution in [2.24, 2.45) is 5.73 Å². The highest BCUT2D eigenvalue weighted by molar-refractivity contribution is 7.66. The number of hydrogen-bond donors (Lipinski definition) is 7. The number of imidazole rings is 1. The highest BCUT2D eigenvalue weighted by atomic mass is 31.3. The van der Waals surface area contributed by atoms with Crippen molar-refractivity contribution in [2.45, 2.75) is 31.4 Å². The van der Waals surface area contributed by atoms with Crippen molar-refractivity contribution in [3.63, 3.8) is 0 Å². The first-order chi connectivity index (χ1) is 15.6. The Morgan fingerprint density at radius 3 is 2.44 bits per heavy atom. The molecule has 2 unspecified atom stereocenters. The third-order valence-electron chi connectivity index (χ3n) is 4.20. The third kappa shape index (κ3) is 6.35. The molecule has 192 valence electrons. The van der Waals surface area contributed by atoms with Crippen molar-refractivity contribution in [1.29, 1.82) is 0 Å². The maximum absolute atomic E-state index is 11.9. The maximum atomic E-state index is 11.9. The fourth-order valence-electron chi connectivity index (χ4n) is 2.96. The van der Waals surface area contributed by atoms with E-state index in [1.54, 1.807) is 6.92 Å². The van der Waals surface area contributed by atoms with E-state index in [0.29, 0.717) is 0 Å². The van der Waals surface area contributed by atoms with Gasteiger partial charge in [0.25, 0.3) is 0 Å². The second kappa shape index (κ2) is 9.83. The van der Waals surface area contributed by atoms with Gasteiger partial charge in [0, 0.05) is 0 Å². The van der Waals surface area contributed by atoms with Crippen LogP contribution >= 0.6 is 23.5 Å². The summed E-state index contributed by atoms with van der Waals surface area (Å²) in [6.45, 7) is 1.08. The monoisotopic (exact) mass is 550 g/mol. The van der Waals surface area contributed by atoms with Gasteiger partial charge in [-0.15, -0.1) is 0 Å². The fraction of sp³-hybridized carbons (Fsp3) is 0.583. The molecule has 0 aliphatic carbocycles. The van der Waals surface area contributed by atoms with E-state index in [2.05, 4.69) is 28.1 Å². The molecule has 9 N–H and O–H groups in total. The number of fused-ring (bicyclic) bond motifs is 1. The number of phosphoric acid groups is 3. The Hall–Kier alpha value is -1.56. The highest BCUT2D eigenvalue weighted by Crippen LogP contribution is 2.66. The van der Waals surface area contributed by atoms with Crippen molar-refractivity contribution in [1.82, 2.24) is 19.5 Å². The number of nitrogens with two attached hydrogens (primary N) is 2. The predicted octanol–water partition coefficient (Wildman–Crippen LogP) is -1.26. The van der Waals surface area contributed by atoms with E-state index in [1.807, 2.05) is 0 Å². The first-order valence-corrected chi connectivity index (χ1v) is 13.6. The van der Waals surface area contributed by atoms with Gasteiger partial charge in [-0.05, 0) is 6.92 Å². The molecule has 1 aliphatic rings. The molecule has 19 nitrogen and oxygen atoms in total. The smallest absolute Gasteiger partial charge is 0.476 e. The van der Waals surface area contributed by atoms with Crippen LogP contribution in [0.3, 0.4) is 0 Å². The van der Waals surface area contributed by atoms with Crippen LogP contribution in [0.15, 0.2) is 6.33 Å². The van der Waals surface area contributed by atoms with Gasteiger partial charge in [-0.25, -0.2) is 18.7 Å². The van der Waals surface area contributed by atoms with Crippen molar-refractivity contribution in [2.75, 3.05) is 18.9 Å². The number of hydrogen-bond acceptors (Lipinski definition) is 14. The molecule has 1 aliphatic heterocycles. The number of anilines is 1. The summed E-state index contributed by atoms with van der Waals surface area (Å²) in [5.41, 5.74) is 12.1. The SMILES string of the molecule is CCOc1nc(N)nc2c1ncn2[C@@H]1O[C@H](COP(=O)(O)OP(=O)(O)OP(=O)(O)O)[C@@H](O)[C@H]1N. The zero-order chi connectivity index (χ0) is 25.5. The summed E-state index contributed by atoms with van der Waals surface area (Å²) in [6, 6.07) is -1.14. The molecule has 2 aromatic rings. The Morgan fingerprint density at radius 2 is 1.82 bits per heavy atom. The molecular formula is C12H21N6O13P3. The van der Waals surface area contributed by atoms with E-state index in [0.717, 1.165) is 0 Å². The Morgan fingerprint density at radius 1 is 1.15 bits per heavy atom. The minimum absolute atomic E-state index is 0.0973. The Labute approximate surface area is 190 Å². The topological polar surface area (TPSA) is 294 Å². The lowest BCUT2D eigenvalue weighted by atomic mass is 10.1. The number of rotatable bonds is 10. The van der Waals surface area contributed by atoms with Gasteiger partial charge >= 0.3 is 23.5 Å². The molecule has 0 radical (unpaired) electrons. The standard InChI is InChI=1S/C12H21N6O13P3/c1-2-27-10-7-9(16-12(14)17-10)18(4-15-7)11-6(13)8(19)5(29-11)3-28-33(23,24)31-34(25,26)30-32(20,21)22/h4-6,8,11,19H,2-3,13H2,1H3,(H,23,24)(H,25,26)(H2,14,16,17)(H2,20,21,22)/t5-,6-,8-,11-/m1/s1. The molecule has 1 fully saturated rings. The molecule has 6 atom stereocenters. The molecule has 0 saturated carbocycles. The predicted molar refractivity (Wildman–Crippen MR) is 109 cm³/mol. The average molecular weight is 550 g/mol. The minimum Gasteiger partial charge on any atom is -0.476 e. The second-order valence-corrected chi connectivity index (χ2v) is 11.1. The summed E-state index contributed by atoms with van der Waals surface area (Å²) >= 11 is 0. The Bertz CT molecular complexity index is 1190. The number of aromatic nitrogens is 4. The summed E-state index contributed by atoms with van der Waals surface area (Å²) in [5, 5.41) is 10.4. The highest BCUT2D eigenvalue weighted by Gasteiger charge is 2.46. The molecule has 3 heterocycles. The number of nitrogen functional groups attached to an aromatic ring is 1. The summed E-state index contributed by atoms with van der Waals surface area (Å²) in [5.74, 6) is -0.0471. The van der Waals surface area contributed by atoms with E-state index in [1.165, 1.54) is 10.9 Å². The van der Waals surface area contributed by atoms with Gasteiger partial charge < -0.3 is 45.6 Å². The van der Waals surface area contributed by atoms with Crippen LogP contribution in [0, 0.1) is 0 Å². The lowest BCUT2D eigenvalue weighted by molar-refractivity contribution is -0.0428. The van der Waals surface area contributed by atoms with Crippen molar-refractivity contribution >= 4 is 40.6 Å². The first kappa shape index (κ1) is 27.0. The van der Waals surface area contributed by atoms with Crippen LogP contribution in [0.2, 0.25) is 0 Å². The van der Waals surface area contributed by atoms with Gasteiger partial charge in [0.15, 0.2) is 17.4 Å². The van der Waals surface area contributed by atoms with Gasteiger partial charge in [-0.3, -0.25) is 9.09 Å². The summed E-state index contributed by atoms with van der Waals surface area (Å²) < 4.78 is 58.0. The molecule has 2 aromatic heterocycles. The number of phosphoric ester groups is 1. The zero-order valence-electron chi connectivity index (χ0n) is 17.1. The van der Waals surface area contributed by atoms with E-state index in [-0.39, 0.29) is 29.6 Å². The maximum Gasteiger partial charge on any atom is 0.490 e. The van der Waals surface area contributed by atoms with Gasteiger partial charge in [0.05, 0.1) is 25.6 Å². The van der Waals surface area contributed by atoms with E-state index < -0.39 is 54.6 Å². The van der Waals surface area contributed by atoms with E-state index in [4.69, 9.17) is 30.7 Å². The summed E-state index contributed by atoms with van der Waals surface area (Å²) in [7, 11) is -16.7. The summed E-state index contributed by atoms with van der Waals surface area (Å²) in [6.07, 6.45) is -2.71. The van der Waals surface area contributed by atoms with Crippen LogP contribution < -0.4 is 16.2 Å². The van der Waals surface area contributed by atoms with Crippen molar-refractivity contribution in [3.05, 3.63) is 6.33 Å². The quantitative estimate of drug-likeness (QED) is 0.170. The van der Waals surface area contributed by atoms with Gasteiger partial charge in [0.2, 0.25) is 11.8 Å². The number of aliphatic hydroxyl groups is 1. The van der Waals surface area contributed by atoms with Crippen LogP contribution in [-0.4, -0.2) is 75.7 Å². The lowest BCUT2D eigenvalue weighted by Crippen LogP contribution is -2.40. The molecule has 0 spiro atoms. The van der Waals surface area contributed by atoms with E-state index >= 15 is 0 Å². The van der Waals surface area contributed by atoms with Crippen molar-refractivity contribution in [3.8, 4) is 5.88 Å². The lowest BCUT2D eigenvalue weighted by Gasteiger charge is -2.19. The summed E-state index contributed by atoms with van der Waals surface area (Å²) in [4.78, 5) is 48.0. The molecule has 34 heavy (non-hydrogen) atoms. The zero-order valence-corrected chi connectivity index (χ0v) is 19.8. The molecule has 0 aromatic carbocycles. The number of ether oxygens (including phenoxy) is 2. The van der Waals surface area contributed by atoms with E-state index in [9.17, 15) is 28.6 Å². The van der Waals surface area contributed by atoms with Gasteiger partial charge in [0.1, 0.15) is 12.2 Å². The van der Waals surface area contributed by atoms with Crippen molar-refractivity contribution < 1.29 is 61.0 Å². The second-order valence-electron chi connectivity index (χ2n) is 6.66. The third-order valence-corrected chi connectivity index (χ3v) is 8.00. The first-order valence-electron chi connectivity index (χ1n) is 9.13. The number of aliphatic hydroxyl groups excluding tert-OH is 1. The van der Waals surface area contributed by atoms with Crippen LogP contribution in [0.5, 0.6) is 5.88 Å². The molecule has 3 rings (SSSR count). The fourth-order valence-corrected chi connectivity index (χ4v) is 5.99. The van der Waals surface area contributed by atoms with Crippen LogP contribution in [0.1, 0.15) is 13.2 Å². The Balaban J connectivity index is 1.74. The normalized spacial score (nSPS) is 26.9. The van der Waals surface area contributed by atoms with Crippen LogP contribution in [-0.2, 0) is 31.6 Å². The molecule has 0 amide bonds. The average Bonchev–Trinajstić information content (AvgIpc) is 3.19. The largest absolute Gasteiger partial charge is 0.490 e. The molecule has 0 bridgehead atoms. The van der Waals surface area contributed by atoms with Crippen LogP contribution in [0.4, 0.5) is 5.95 Å². The Kier molecular flexibility index (Phi) is 7.82. The molecule has 1 saturated heterocycles. The molecular weight excluding hydrogens is 529 g/mol.